The Labute approximate surface area is 123 Å². The number of carbonyl (C=O) groups is 1. The molecule has 120 valence electrons. The standard InChI is InChI=1S/C12H13FN2O7/c1-2-3-4-21-12(16)7-22-11-5-8(13)9(14(17)18)6-10(11)15(19)20/h5-6H,2-4,7H2,1H3. The number of nitrogens with zero attached hydrogens (tertiary/aromatic N) is 2. The molecule has 0 bridgehead atoms. The van der Waals surface area contributed by atoms with Gasteiger partial charge in [0, 0.05) is 6.07 Å². The van der Waals surface area contributed by atoms with Gasteiger partial charge in [-0.2, -0.15) is 4.39 Å². The second-order valence-electron chi connectivity index (χ2n) is 4.15. The molecule has 0 atom stereocenters. The number of rotatable bonds is 8. The van der Waals surface area contributed by atoms with Gasteiger partial charge in [0.15, 0.2) is 6.61 Å². The van der Waals surface area contributed by atoms with Crippen LogP contribution >= 0.6 is 0 Å². The van der Waals surface area contributed by atoms with E-state index >= 15 is 0 Å². The van der Waals surface area contributed by atoms with Gasteiger partial charge in [-0.05, 0) is 6.42 Å². The molecule has 0 spiro atoms. The fourth-order valence-corrected chi connectivity index (χ4v) is 1.44. The van der Waals surface area contributed by atoms with Crippen molar-refractivity contribution >= 4 is 17.3 Å². The van der Waals surface area contributed by atoms with Gasteiger partial charge in [0.1, 0.15) is 6.07 Å². The summed E-state index contributed by atoms with van der Waals surface area (Å²) in [5, 5.41) is 21.4. The zero-order chi connectivity index (χ0) is 16.7. The summed E-state index contributed by atoms with van der Waals surface area (Å²) < 4.78 is 23.0. The van der Waals surface area contributed by atoms with Crippen LogP contribution in [0.1, 0.15) is 19.8 Å². The number of benzene rings is 1. The van der Waals surface area contributed by atoms with Crippen LogP contribution in [0.4, 0.5) is 15.8 Å². The Morgan fingerprint density at radius 2 is 1.86 bits per heavy atom. The van der Waals surface area contributed by atoms with Crippen molar-refractivity contribution < 1.29 is 28.5 Å². The number of nitro groups is 2. The van der Waals surface area contributed by atoms with Gasteiger partial charge in [-0.3, -0.25) is 20.2 Å². The Hall–Kier alpha value is -2.78. The highest BCUT2D eigenvalue weighted by atomic mass is 19.1. The molecule has 0 heterocycles. The number of ether oxygens (including phenoxy) is 2. The van der Waals surface area contributed by atoms with Crippen LogP contribution in [-0.2, 0) is 9.53 Å². The summed E-state index contributed by atoms with van der Waals surface area (Å²) in [4.78, 5) is 30.6. The van der Waals surface area contributed by atoms with E-state index < -0.39 is 45.4 Å². The molecule has 0 radical (unpaired) electrons. The maximum atomic E-state index is 13.5. The van der Waals surface area contributed by atoms with Crippen molar-refractivity contribution in [2.75, 3.05) is 13.2 Å². The van der Waals surface area contributed by atoms with Crippen molar-refractivity contribution in [2.24, 2.45) is 0 Å². The van der Waals surface area contributed by atoms with Crippen molar-refractivity contribution in [3.8, 4) is 5.75 Å². The van der Waals surface area contributed by atoms with Crippen molar-refractivity contribution in [1.82, 2.24) is 0 Å². The topological polar surface area (TPSA) is 122 Å². The number of hydrogen-bond acceptors (Lipinski definition) is 7. The quantitative estimate of drug-likeness (QED) is 0.312. The van der Waals surface area contributed by atoms with Gasteiger partial charge in [-0.1, -0.05) is 13.3 Å². The van der Waals surface area contributed by atoms with E-state index in [1.165, 1.54) is 0 Å². The molecular formula is C12H13FN2O7. The van der Waals surface area contributed by atoms with Gasteiger partial charge in [-0.25, -0.2) is 4.79 Å². The molecule has 1 rings (SSSR count). The van der Waals surface area contributed by atoms with Crippen molar-refractivity contribution in [1.29, 1.82) is 0 Å². The van der Waals surface area contributed by atoms with Crippen LogP contribution in [0.3, 0.4) is 0 Å². The number of halogens is 1. The summed E-state index contributed by atoms with van der Waals surface area (Å²) in [5.41, 5.74) is -1.86. The van der Waals surface area contributed by atoms with E-state index in [-0.39, 0.29) is 6.61 Å². The minimum absolute atomic E-state index is 0.176. The normalized spacial score (nSPS) is 10.1. The van der Waals surface area contributed by atoms with Crippen molar-refractivity contribution in [2.45, 2.75) is 19.8 Å². The molecule has 0 saturated heterocycles. The molecule has 0 saturated carbocycles. The molecule has 1 aromatic rings. The molecule has 0 aliphatic heterocycles. The van der Waals surface area contributed by atoms with Gasteiger partial charge in [-0.15, -0.1) is 0 Å². The molecule has 1 aromatic carbocycles. The SMILES string of the molecule is CCCCOC(=O)COc1cc(F)c([N+](=O)[O-])cc1[N+](=O)[O-]. The minimum atomic E-state index is -1.30. The molecule has 0 fully saturated rings. The fourth-order valence-electron chi connectivity index (χ4n) is 1.44. The maximum absolute atomic E-state index is 13.5. The van der Waals surface area contributed by atoms with Crippen LogP contribution in [0.2, 0.25) is 0 Å². The maximum Gasteiger partial charge on any atom is 0.344 e. The Kier molecular flexibility index (Phi) is 6.17. The zero-order valence-corrected chi connectivity index (χ0v) is 11.6. The van der Waals surface area contributed by atoms with Crippen LogP contribution in [0.25, 0.3) is 0 Å². The fraction of sp³-hybridized carbons (Fsp3) is 0.417. The summed E-state index contributed by atoms with van der Waals surface area (Å²) in [6.45, 7) is 1.41. The third-order valence-electron chi connectivity index (χ3n) is 2.53. The van der Waals surface area contributed by atoms with Gasteiger partial charge < -0.3 is 9.47 Å². The molecule has 22 heavy (non-hydrogen) atoms. The monoisotopic (exact) mass is 316 g/mol. The summed E-state index contributed by atoms with van der Waals surface area (Å²) in [6, 6.07) is 0.933. The van der Waals surface area contributed by atoms with Crippen LogP contribution < -0.4 is 4.74 Å². The molecule has 0 aliphatic rings. The molecule has 0 aliphatic carbocycles. The second-order valence-corrected chi connectivity index (χ2v) is 4.15. The summed E-state index contributed by atoms with van der Waals surface area (Å²) in [5.74, 6) is -2.66. The van der Waals surface area contributed by atoms with E-state index in [2.05, 4.69) is 0 Å². The second kappa shape index (κ2) is 7.86. The lowest BCUT2D eigenvalue weighted by molar-refractivity contribution is -0.396. The highest BCUT2D eigenvalue weighted by Gasteiger charge is 2.26. The first kappa shape index (κ1) is 17.3. The highest BCUT2D eigenvalue weighted by molar-refractivity contribution is 5.71. The third-order valence-corrected chi connectivity index (χ3v) is 2.53. The Morgan fingerprint density at radius 3 is 2.41 bits per heavy atom. The molecule has 0 unspecified atom stereocenters. The van der Waals surface area contributed by atoms with E-state index in [1.54, 1.807) is 0 Å². The largest absolute Gasteiger partial charge is 0.475 e. The van der Waals surface area contributed by atoms with Crippen LogP contribution in [0, 0.1) is 26.0 Å². The average molecular weight is 316 g/mol. The Balaban J connectivity index is 2.85. The van der Waals surface area contributed by atoms with Crippen LogP contribution in [-0.4, -0.2) is 29.0 Å². The first-order valence-corrected chi connectivity index (χ1v) is 6.27. The van der Waals surface area contributed by atoms with E-state index in [9.17, 15) is 29.4 Å². The van der Waals surface area contributed by atoms with Gasteiger partial charge >= 0.3 is 17.3 Å². The summed E-state index contributed by atoms with van der Waals surface area (Å²) in [7, 11) is 0. The smallest absolute Gasteiger partial charge is 0.344 e. The van der Waals surface area contributed by atoms with Gasteiger partial charge in [0.2, 0.25) is 11.6 Å². The first-order chi connectivity index (χ1) is 10.4. The van der Waals surface area contributed by atoms with E-state index in [0.717, 1.165) is 6.42 Å². The van der Waals surface area contributed by atoms with Crippen molar-refractivity contribution in [3.63, 3.8) is 0 Å². The summed E-state index contributed by atoms with van der Waals surface area (Å²) in [6.07, 6.45) is 1.46. The molecule has 0 aromatic heterocycles. The Bertz CT molecular complexity index is 591. The number of carbonyl (C=O) groups excluding carboxylic acids is 1. The zero-order valence-electron chi connectivity index (χ0n) is 11.6. The number of nitro benzene ring substituents is 2. The number of hydrogen-bond donors (Lipinski definition) is 0. The average Bonchev–Trinajstić information content (AvgIpc) is 2.44. The highest BCUT2D eigenvalue weighted by Crippen LogP contribution is 2.33. The Morgan fingerprint density at radius 1 is 1.23 bits per heavy atom. The molecule has 0 N–H and O–H groups in total. The predicted molar refractivity (Wildman–Crippen MR) is 71.1 cm³/mol. The van der Waals surface area contributed by atoms with Crippen molar-refractivity contribution in [3.05, 3.63) is 38.2 Å². The lowest BCUT2D eigenvalue weighted by Crippen LogP contribution is -2.16. The molecule has 10 heteroatoms. The first-order valence-electron chi connectivity index (χ1n) is 6.27. The third kappa shape index (κ3) is 4.65. The van der Waals surface area contributed by atoms with E-state index in [1.807, 2.05) is 6.92 Å². The predicted octanol–water partition coefficient (Wildman–Crippen LogP) is 2.36. The van der Waals surface area contributed by atoms with Gasteiger partial charge in [0.05, 0.1) is 16.5 Å². The molecule has 9 nitrogen and oxygen atoms in total. The molecule has 0 amide bonds. The number of esters is 1. The minimum Gasteiger partial charge on any atom is -0.475 e. The summed E-state index contributed by atoms with van der Waals surface area (Å²) >= 11 is 0. The molecular weight excluding hydrogens is 303 g/mol. The lowest BCUT2D eigenvalue weighted by Gasteiger charge is -2.07. The van der Waals surface area contributed by atoms with Crippen LogP contribution in [0.15, 0.2) is 12.1 Å². The lowest BCUT2D eigenvalue weighted by atomic mass is 10.2. The number of unbranched alkanes of at least 4 members (excludes halogenated alkanes) is 1. The van der Waals surface area contributed by atoms with Crippen LogP contribution in [0.5, 0.6) is 5.75 Å². The van der Waals surface area contributed by atoms with E-state index in [4.69, 9.17) is 9.47 Å². The van der Waals surface area contributed by atoms with E-state index in [0.29, 0.717) is 18.6 Å². The van der Waals surface area contributed by atoms with Gasteiger partial charge in [0.25, 0.3) is 0 Å².